The maximum Gasteiger partial charge on any atom is 0.337 e. The van der Waals surface area contributed by atoms with Crippen molar-refractivity contribution in [3.8, 4) is 0 Å². The molecule has 1 aliphatic rings. The topological polar surface area (TPSA) is 75.3 Å². The molecule has 2 aromatic rings. The van der Waals surface area contributed by atoms with Crippen molar-refractivity contribution in [2.45, 2.75) is 19.4 Å². The van der Waals surface area contributed by atoms with Gasteiger partial charge in [0, 0.05) is 12.0 Å². The Hall–Kier alpha value is -1.88. The number of carboxylic acids is 1. The smallest absolute Gasteiger partial charge is 0.337 e. The zero-order valence-corrected chi connectivity index (χ0v) is 9.83. The molecule has 18 heavy (non-hydrogen) atoms. The lowest BCUT2D eigenvalue weighted by molar-refractivity contribution is 0.0698. The van der Waals surface area contributed by atoms with Crippen molar-refractivity contribution in [2.75, 3.05) is 6.61 Å². The Kier molecular flexibility index (Phi) is 2.38. The Labute approximate surface area is 104 Å². The molecule has 1 aliphatic carbocycles. The van der Waals surface area contributed by atoms with Crippen LogP contribution in [-0.2, 0) is 6.54 Å². The van der Waals surface area contributed by atoms with Crippen LogP contribution < -0.4 is 0 Å². The molecular formula is C13H14N2O3. The number of nitrogens with zero attached hydrogens (tertiary/aromatic N) is 2. The lowest BCUT2D eigenvalue weighted by atomic mass is 10.1. The largest absolute Gasteiger partial charge is 0.478 e. The minimum atomic E-state index is -0.948. The average molecular weight is 246 g/mol. The van der Waals surface area contributed by atoms with Crippen molar-refractivity contribution in [1.29, 1.82) is 0 Å². The van der Waals surface area contributed by atoms with Crippen molar-refractivity contribution < 1.29 is 15.0 Å². The summed E-state index contributed by atoms with van der Waals surface area (Å²) in [7, 11) is 0. The molecule has 0 radical (unpaired) electrons. The van der Waals surface area contributed by atoms with Crippen molar-refractivity contribution in [2.24, 2.45) is 5.41 Å². The van der Waals surface area contributed by atoms with Crippen LogP contribution in [-0.4, -0.2) is 32.3 Å². The van der Waals surface area contributed by atoms with Gasteiger partial charge >= 0.3 is 5.97 Å². The van der Waals surface area contributed by atoms with E-state index in [9.17, 15) is 15.0 Å². The van der Waals surface area contributed by atoms with E-state index in [1.165, 1.54) is 0 Å². The van der Waals surface area contributed by atoms with E-state index in [0.717, 1.165) is 12.8 Å². The highest BCUT2D eigenvalue weighted by atomic mass is 16.4. The van der Waals surface area contributed by atoms with Crippen LogP contribution in [0, 0.1) is 5.41 Å². The molecule has 1 heterocycles. The van der Waals surface area contributed by atoms with E-state index in [-0.39, 0.29) is 17.6 Å². The molecule has 0 amide bonds. The first-order valence-corrected chi connectivity index (χ1v) is 5.93. The van der Waals surface area contributed by atoms with Crippen LogP contribution in [0.4, 0.5) is 0 Å². The summed E-state index contributed by atoms with van der Waals surface area (Å²) in [5.41, 5.74) is 1.52. The summed E-state index contributed by atoms with van der Waals surface area (Å²) in [4.78, 5) is 15.5. The van der Waals surface area contributed by atoms with Gasteiger partial charge in [-0.1, -0.05) is 6.07 Å². The van der Waals surface area contributed by atoms with E-state index in [0.29, 0.717) is 17.6 Å². The molecule has 5 nitrogen and oxygen atoms in total. The Morgan fingerprint density at radius 1 is 1.44 bits per heavy atom. The number of hydrogen-bond donors (Lipinski definition) is 2. The second-order valence-electron chi connectivity index (χ2n) is 5.01. The molecule has 0 atom stereocenters. The number of imidazole rings is 1. The monoisotopic (exact) mass is 246 g/mol. The van der Waals surface area contributed by atoms with Gasteiger partial charge in [0.15, 0.2) is 0 Å². The van der Waals surface area contributed by atoms with Crippen LogP contribution in [0.1, 0.15) is 23.2 Å². The Bertz CT molecular complexity index is 614. The molecule has 2 N–H and O–H groups in total. The van der Waals surface area contributed by atoms with Gasteiger partial charge in [-0.2, -0.15) is 0 Å². The fourth-order valence-electron chi connectivity index (χ4n) is 2.32. The van der Waals surface area contributed by atoms with Gasteiger partial charge in [-0.05, 0) is 25.0 Å². The molecule has 5 heteroatoms. The first kappa shape index (κ1) is 11.2. The fourth-order valence-corrected chi connectivity index (χ4v) is 2.32. The standard InChI is InChI=1S/C13H14N2O3/c16-7-13(4-5-13)6-15-8-14-10-3-1-2-9(11(10)15)12(17)18/h1-3,8,16H,4-7H2,(H,17,18). The highest BCUT2D eigenvalue weighted by molar-refractivity contribution is 6.01. The predicted octanol–water partition coefficient (Wildman–Crippen LogP) is 1.51. The quantitative estimate of drug-likeness (QED) is 0.857. The number of carbonyl (C=O) groups is 1. The van der Waals surface area contributed by atoms with Gasteiger partial charge in [-0.15, -0.1) is 0 Å². The predicted molar refractivity (Wildman–Crippen MR) is 65.4 cm³/mol. The van der Waals surface area contributed by atoms with Gasteiger partial charge in [-0.3, -0.25) is 0 Å². The van der Waals surface area contributed by atoms with E-state index in [1.807, 2.05) is 4.57 Å². The van der Waals surface area contributed by atoms with Crippen molar-refractivity contribution in [1.82, 2.24) is 9.55 Å². The molecule has 1 aromatic carbocycles. The van der Waals surface area contributed by atoms with E-state index >= 15 is 0 Å². The van der Waals surface area contributed by atoms with Gasteiger partial charge in [0.2, 0.25) is 0 Å². The number of aliphatic hydroxyl groups excluding tert-OH is 1. The van der Waals surface area contributed by atoms with E-state index in [4.69, 9.17) is 0 Å². The fraction of sp³-hybridized carbons (Fsp3) is 0.385. The number of aromatic carboxylic acids is 1. The summed E-state index contributed by atoms with van der Waals surface area (Å²) < 4.78 is 1.85. The number of hydrogen-bond acceptors (Lipinski definition) is 3. The van der Waals surface area contributed by atoms with E-state index in [1.54, 1.807) is 24.5 Å². The molecule has 0 saturated heterocycles. The zero-order chi connectivity index (χ0) is 12.8. The average Bonchev–Trinajstić information content (AvgIpc) is 3.03. The minimum Gasteiger partial charge on any atom is -0.478 e. The van der Waals surface area contributed by atoms with Crippen molar-refractivity contribution in [3.63, 3.8) is 0 Å². The number of aromatic nitrogens is 2. The number of fused-ring (bicyclic) bond motifs is 1. The van der Waals surface area contributed by atoms with Gasteiger partial charge < -0.3 is 14.8 Å². The lowest BCUT2D eigenvalue weighted by Gasteiger charge is -2.13. The van der Waals surface area contributed by atoms with Crippen LogP contribution in [0.15, 0.2) is 24.5 Å². The van der Waals surface area contributed by atoms with Gasteiger partial charge in [0.1, 0.15) is 0 Å². The van der Waals surface area contributed by atoms with Gasteiger partial charge in [0.05, 0.1) is 29.5 Å². The molecular weight excluding hydrogens is 232 g/mol. The van der Waals surface area contributed by atoms with Crippen LogP contribution in [0.3, 0.4) is 0 Å². The zero-order valence-electron chi connectivity index (χ0n) is 9.83. The summed E-state index contributed by atoms with van der Waals surface area (Å²) >= 11 is 0. The summed E-state index contributed by atoms with van der Waals surface area (Å²) in [6.07, 6.45) is 3.63. The van der Waals surface area contributed by atoms with Gasteiger partial charge in [-0.25, -0.2) is 9.78 Å². The maximum atomic E-state index is 11.2. The molecule has 3 rings (SSSR count). The number of para-hydroxylation sites is 1. The van der Waals surface area contributed by atoms with Crippen molar-refractivity contribution >= 4 is 17.0 Å². The van der Waals surface area contributed by atoms with Crippen LogP contribution in [0.25, 0.3) is 11.0 Å². The number of benzene rings is 1. The molecule has 0 bridgehead atoms. The van der Waals surface area contributed by atoms with E-state index < -0.39 is 5.97 Å². The maximum absolute atomic E-state index is 11.2. The molecule has 0 unspecified atom stereocenters. The Balaban J connectivity index is 2.09. The molecule has 1 fully saturated rings. The molecule has 1 saturated carbocycles. The molecule has 1 aromatic heterocycles. The first-order chi connectivity index (χ1) is 8.65. The first-order valence-electron chi connectivity index (χ1n) is 5.93. The third-order valence-corrected chi connectivity index (χ3v) is 3.67. The highest BCUT2D eigenvalue weighted by Crippen LogP contribution is 2.47. The number of rotatable bonds is 4. The molecule has 0 spiro atoms. The summed E-state index contributed by atoms with van der Waals surface area (Å²) in [5, 5.41) is 18.6. The third-order valence-electron chi connectivity index (χ3n) is 3.67. The van der Waals surface area contributed by atoms with Crippen LogP contribution in [0.5, 0.6) is 0 Å². The number of carboxylic acid groups (broad SMARTS) is 1. The second kappa shape index (κ2) is 3.81. The molecule has 0 aliphatic heterocycles. The Morgan fingerprint density at radius 2 is 2.22 bits per heavy atom. The SMILES string of the molecule is O=C(O)c1cccc2ncn(CC3(CO)CC3)c12. The Morgan fingerprint density at radius 3 is 2.83 bits per heavy atom. The second-order valence-corrected chi connectivity index (χ2v) is 5.01. The summed E-state index contributed by atoms with van der Waals surface area (Å²) in [6.45, 7) is 0.770. The lowest BCUT2D eigenvalue weighted by Crippen LogP contribution is -2.16. The highest BCUT2D eigenvalue weighted by Gasteiger charge is 2.42. The normalized spacial score (nSPS) is 16.9. The third kappa shape index (κ3) is 1.67. The van der Waals surface area contributed by atoms with E-state index in [2.05, 4.69) is 4.98 Å². The van der Waals surface area contributed by atoms with Gasteiger partial charge in [0.25, 0.3) is 0 Å². The minimum absolute atomic E-state index is 0.0702. The molecule has 94 valence electrons. The van der Waals surface area contributed by atoms with Crippen LogP contribution >= 0.6 is 0 Å². The number of aliphatic hydroxyl groups is 1. The summed E-state index contributed by atoms with van der Waals surface area (Å²) in [6, 6.07) is 5.08. The summed E-state index contributed by atoms with van der Waals surface area (Å²) in [5.74, 6) is -0.948. The van der Waals surface area contributed by atoms with Crippen LogP contribution in [0.2, 0.25) is 0 Å². The van der Waals surface area contributed by atoms with Crippen molar-refractivity contribution in [3.05, 3.63) is 30.1 Å².